The number of fused-ring (bicyclic) bond motifs is 1. The average molecular weight is 363 g/mol. The van der Waals surface area contributed by atoms with Crippen LogP contribution in [0.4, 0.5) is 11.7 Å². The Morgan fingerprint density at radius 1 is 1.00 bits per heavy atom. The normalized spacial score (nSPS) is 10.8. The Kier molecular flexibility index (Phi) is 4.19. The minimum Gasteiger partial charge on any atom is -0.423 e. The number of carbonyl (C=O) groups is 1. The second-order valence-corrected chi connectivity index (χ2v) is 6.36. The molecule has 1 N–H and O–H groups in total. The van der Waals surface area contributed by atoms with Crippen molar-refractivity contribution >= 4 is 40.2 Å². The number of hydrogen-bond acceptors (Lipinski definition) is 4. The number of rotatable bonds is 4. The smallest absolute Gasteiger partial charge is 0.300 e. The molecule has 0 spiro atoms. The average Bonchev–Trinajstić information content (AvgIpc) is 3.04. The molecule has 0 aliphatic carbocycles. The van der Waals surface area contributed by atoms with Crippen LogP contribution in [-0.4, -0.2) is 10.8 Å². The number of halogens is 1. The van der Waals surface area contributed by atoms with Crippen molar-refractivity contribution < 1.29 is 9.21 Å². The zero-order valence-electron chi connectivity index (χ0n) is 14.0. The monoisotopic (exact) mass is 362 g/mol. The van der Waals surface area contributed by atoms with Gasteiger partial charge in [0.05, 0.1) is 5.02 Å². The third-order valence-electron chi connectivity index (χ3n) is 4.15. The topological polar surface area (TPSA) is 55.1 Å². The number of aryl methyl sites for hydroxylation is 1. The number of benzene rings is 3. The van der Waals surface area contributed by atoms with Crippen LogP contribution < -0.4 is 5.32 Å². The van der Waals surface area contributed by atoms with Gasteiger partial charge in [-0.05, 0) is 42.8 Å². The van der Waals surface area contributed by atoms with Crippen molar-refractivity contribution in [2.75, 3.05) is 5.32 Å². The van der Waals surface area contributed by atoms with E-state index in [-0.39, 0.29) is 5.78 Å². The number of anilines is 2. The van der Waals surface area contributed by atoms with Crippen molar-refractivity contribution in [1.82, 2.24) is 4.98 Å². The SMILES string of the molecule is Cc1ccccc1C(=O)c1ccc(Nc2nc3ccccc3o2)cc1Cl. The second kappa shape index (κ2) is 6.65. The summed E-state index contributed by atoms with van der Waals surface area (Å²) in [5.41, 5.74) is 4.20. The lowest BCUT2D eigenvalue weighted by Gasteiger charge is -2.08. The van der Waals surface area contributed by atoms with E-state index in [1.54, 1.807) is 24.3 Å². The molecule has 0 amide bonds. The van der Waals surface area contributed by atoms with Crippen molar-refractivity contribution in [2.45, 2.75) is 6.92 Å². The van der Waals surface area contributed by atoms with Gasteiger partial charge in [0.2, 0.25) is 0 Å². The highest BCUT2D eigenvalue weighted by molar-refractivity contribution is 6.35. The zero-order chi connectivity index (χ0) is 18.1. The zero-order valence-corrected chi connectivity index (χ0v) is 14.7. The molecule has 5 heteroatoms. The first-order valence-corrected chi connectivity index (χ1v) is 8.52. The third kappa shape index (κ3) is 3.07. The molecule has 0 radical (unpaired) electrons. The Morgan fingerprint density at radius 3 is 2.54 bits per heavy atom. The van der Waals surface area contributed by atoms with Crippen LogP contribution in [0.1, 0.15) is 21.5 Å². The number of para-hydroxylation sites is 2. The van der Waals surface area contributed by atoms with Crippen molar-refractivity contribution in [3.63, 3.8) is 0 Å². The molecule has 0 bridgehead atoms. The standard InChI is InChI=1S/C21H15ClN2O2/c1-13-6-2-3-7-15(13)20(25)16-11-10-14(12-17(16)22)23-21-24-18-8-4-5-9-19(18)26-21/h2-12H,1H3,(H,23,24). The molecule has 3 aromatic carbocycles. The molecule has 0 aliphatic heterocycles. The van der Waals surface area contributed by atoms with Gasteiger partial charge in [-0.3, -0.25) is 4.79 Å². The van der Waals surface area contributed by atoms with E-state index in [1.807, 2.05) is 49.4 Å². The molecule has 4 rings (SSSR count). The lowest BCUT2D eigenvalue weighted by atomic mass is 9.99. The molecule has 0 unspecified atom stereocenters. The van der Waals surface area contributed by atoms with Gasteiger partial charge in [-0.25, -0.2) is 0 Å². The van der Waals surface area contributed by atoms with E-state index >= 15 is 0 Å². The van der Waals surface area contributed by atoms with Gasteiger partial charge in [0.1, 0.15) is 5.52 Å². The first-order valence-electron chi connectivity index (χ1n) is 8.14. The molecule has 1 heterocycles. The summed E-state index contributed by atoms with van der Waals surface area (Å²) in [6.45, 7) is 1.91. The van der Waals surface area contributed by atoms with Gasteiger partial charge in [0.25, 0.3) is 6.01 Å². The van der Waals surface area contributed by atoms with Crippen LogP contribution in [0.3, 0.4) is 0 Å². The summed E-state index contributed by atoms with van der Waals surface area (Å²) in [5, 5.41) is 3.45. The van der Waals surface area contributed by atoms with Gasteiger partial charge >= 0.3 is 0 Å². The van der Waals surface area contributed by atoms with E-state index in [2.05, 4.69) is 10.3 Å². The maximum absolute atomic E-state index is 12.7. The Hall–Kier alpha value is -3.11. The number of oxazole rings is 1. The number of ketones is 1. The predicted octanol–water partition coefficient (Wildman–Crippen LogP) is 5.76. The molecule has 0 saturated carbocycles. The van der Waals surface area contributed by atoms with Crippen molar-refractivity contribution in [1.29, 1.82) is 0 Å². The molecule has 4 nitrogen and oxygen atoms in total. The minimum absolute atomic E-state index is 0.0958. The van der Waals surface area contributed by atoms with Crippen LogP contribution in [0.25, 0.3) is 11.1 Å². The summed E-state index contributed by atoms with van der Waals surface area (Å²) in [7, 11) is 0. The molecule has 4 aromatic rings. The van der Waals surface area contributed by atoms with Gasteiger partial charge in [-0.2, -0.15) is 4.98 Å². The molecule has 0 saturated heterocycles. The Bertz CT molecular complexity index is 1080. The summed E-state index contributed by atoms with van der Waals surface area (Å²) in [4.78, 5) is 17.1. The number of nitrogens with one attached hydrogen (secondary N) is 1. The highest BCUT2D eigenvalue weighted by atomic mass is 35.5. The maximum Gasteiger partial charge on any atom is 0.300 e. The van der Waals surface area contributed by atoms with E-state index < -0.39 is 0 Å². The number of hydrogen-bond donors (Lipinski definition) is 1. The maximum atomic E-state index is 12.7. The Morgan fingerprint density at radius 2 is 1.77 bits per heavy atom. The van der Waals surface area contributed by atoms with E-state index in [0.29, 0.717) is 33.4 Å². The van der Waals surface area contributed by atoms with Crippen molar-refractivity contribution in [3.8, 4) is 0 Å². The largest absolute Gasteiger partial charge is 0.423 e. The second-order valence-electron chi connectivity index (χ2n) is 5.95. The quantitative estimate of drug-likeness (QED) is 0.468. The van der Waals surface area contributed by atoms with Crippen LogP contribution in [0, 0.1) is 6.92 Å². The van der Waals surface area contributed by atoms with Gasteiger partial charge in [0, 0.05) is 16.8 Å². The van der Waals surface area contributed by atoms with E-state index in [0.717, 1.165) is 11.1 Å². The molecular formula is C21H15ClN2O2. The number of carbonyl (C=O) groups excluding carboxylic acids is 1. The fourth-order valence-electron chi connectivity index (χ4n) is 2.80. The van der Waals surface area contributed by atoms with Gasteiger partial charge < -0.3 is 9.73 Å². The molecule has 26 heavy (non-hydrogen) atoms. The summed E-state index contributed by atoms with van der Waals surface area (Å²) >= 11 is 6.36. The van der Waals surface area contributed by atoms with Crippen LogP contribution >= 0.6 is 11.6 Å². The molecule has 128 valence electrons. The fourth-order valence-corrected chi connectivity index (χ4v) is 3.07. The molecule has 0 fully saturated rings. The van der Waals surface area contributed by atoms with Gasteiger partial charge in [0.15, 0.2) is 11.4 Å². The summed E-state index contributed by atoms with van der Waals surface area (Å²) < 4.78 is 5.64. The predicted molar refractivity (Wildman–Crippen MR) is 103 cm³/mol. The molecular weight excluding hydrogens is 348 g/mol. The fraction of sp³-hybridized carbons (Fsp3) is 0.0476. The van der Waals surface area contributed by atoms with E-state index in [9.17, 15) is 4.79 Å². The van der Waals surface area contributed by atoms with E-state index in [1.165, 1.54) is 0 Å². The molecule has 0 atom stereocenters. The lowest BCUT2D eigenvalue weighted by Crippen LogP contribution is -2.04. The van der Waals surface area contributed by atoms with Crippen LogP contribution in [0.15, 0.2) is 71.1 Å². The number of nitrogens with zero attached hydrogens (tertiary/aromatic N) is 1. The van der Waals surface area contributed by atoms with Crippen molar-refractivity contribution in [3.05, 3.63) is 88.4 Å². The Labute approximate surface area is 155 Å². The van der Waals surface area contributed by atoms with Crippen molar-refractivity contribution in [2.24, 2.45) is 0 Å². The summed E-state index contributed by atoms with van der Waals surface area (Å²) in [6.07, 6.45) is 0. The van der Waals surface area contributed by atoms with Crippen LogP contribution in [0.2, 0.25) is 5.02 Å². The summed E-state index contributed by atoms with van der Waals surface area (Å²) in [6, 6.07) is 20.5. The van der Waals surface area contributed by atoms with Crippen LogP contribution in [0.5, 0.6) is 0 Å². The van der Waals surface area contributed by atoms with E-state index in [4.69, 9.17) is 16.0 Å². The first-order chi connectivity index (χ1) is 12.6. The van der Waals surface area contributed by atoms with Gasteiger partial charge in [-0.15, -0.1) is 0 Å². The molecule has 0 aliphatic rings. The highest BCUT2D eigenvalue weighted by Crippen LogP contribution is 2.27. The van der Waals surface area contributed by atoms with Crippen LogP contribution in [-0.2, 0) is 0 Å². The third-order valence-corrected chi connectivity index (χ3v) is 4.46. The lowest BCUT2D eigenvalue weighted by molar-refractivity contribution is 0.103. The molecule has 1 aromatic heterocycles. The Balaban J connectivity index is 1.61. The highest BCUT2D eigenvalue weighted by Gasteiger charge is 2.15. The minimum atomic E-state index is -0.0958. The summed E-state index contributed by atoms with van der Waals surface area (Å²) in [5.74, 6) is -0.0958. The van der Waals surface area contributed by atoms with Gasteiger partial charge in [-0.1, -0.05) is 48.0 Å². The first kappa shape index (κ1) is 16.4. The number of aromatic nitrogens is 1.